The van der Waals surface area contributed by atoms with Crippen LogP contribution in [0.25, 0.3) is 0 Å². The summed E-state index contributed by atoms with van der Waals surface area (Å²) < 4.78 is 8.39. The molecular weight excluding hydrogens is 144 g/mol. The topological polar surface area (TPSA) is 20.2 Å². The van der Waals surface area contributed by atoms with Gasteiger partial charge < -0.3 is 4.55 Å². The maximum absolute atomic E-state index is 8.39. The van der Waals surface area contributed by atoms with Crippen molar-refractivity contribution in [2.24, 2.45) is 0 Å². The fourth-order valence-corrected chi connectivity index (χ4v) is 0.484. The van der Waals surface area contributed by atoms with E-state index >= 15 is 0 Å². The lowest BCUT2D eigenvalue weighted by Crippen LogP contribution is -1.62. The molecule has 0 aliphatic rings. The molecule has 0 aliphatic carbocycles. The maximum Gasteiger partial charge on any atom is 0.0344 e. The molecule has 0 rings (SSSR count). The van der Waals surface area contributed by atoms with E-state index < -0.39 is 0 Å². The Bertz CT molecular complexity index is 116. The molecule has 0 atom stereocenters. The first kappa shape index (κ1) is 12.2. The molecule has 1 nitrogen and oxygen atoms in total. The molecule has 0 radical (unpaired) electrons. The lowest BCUT2D eigenvalue weighted by Gasteiger charge is -1.86. The van der Waals surface area contributed by atoms with Gasteiger partial charge in [-0.15, -0.1) is 0 Å². The van der Waals surface area contributed by atoms with Crippen molar-refractivity contribution in [1.82, 2.24) is 0 Å². The van der Waals surface area contributed by atoms with E-state index in [2.05, 4.69) is 13.2 Å². The Morgan fingerprint density at radius 3 is 2.00 bits per heavy atom. The van der Waals surface area contributed by atoms with Crippen molar-refractivity contribution in [2.75, 3.05) is 0 Å². The lowest BCUT2D eigenvalue weighted by atomic mass is 10.5. The van der Waals surface area contributed by atoms with Gasteiger partial charge in [-0.05, 0) is 6.08 Å². The molecule has 0 spiro atoms. The van der Waals surface area contributed by atoms with Crippen molar-refractivity contribution < 1.29 is 4.55 Å². The minimum absolute atomic E-state index is 0.666. The van der Waals surface area contributed by atoms with Crippen LogP contribution < -0.4 is 0 Å². The molecule has 0 unspecified atom stereocenters. The second-order valence-electron chi connectivity index (χ2n) is 1.10. The maximum atomic E-state index is 8.39. The van der Waals surface area contributed by atoms with E-state index in [0.29, 0.717) is 16.9 Å². The van der Waals surface area contributed by atoms with Gasteiger partial charge in [-0.25, -0.2) is 0 Å². The molecule has 0 aromatic carbocycles. The third-order valence-electron chi connectivity index (χ3n) is 0.589. The highest BCUT2D eigenvalue weighted by molar-refractivity contribution is 7.97. The number of allylic oxidation sites excluding steroid dienone is 3. The second kappa shape index (κ2) is 11.3. The Hall–Kier alpha value is -0.470. The number of hydrogen-bond acceptors (Lipinski definition) is 2. The predicted molar refractivity (Wildman–Crippen MR) is 50.0 cm³/mol. The normalized spacial score (nSPS) is 9.30. The van der Waals surface area contributed by atoms with Gasteiger partial charge in [0.15, 0.2) is 0 Å². The zero-order valence-electron chi connectivity index (χ0n) is 6.50. The molecule has 1 N–H and O–H groups in total. The minimum atomic E-state index is 0.666. The number of hydrogen-bond donors (Lipinski definition) is 1. The summed E-state index contributed by atoms with van der Waals surface area (Å²) in [5, 5.41) is 0. The van der Waals surface area contributed by atoms with Crippen molar-refractivity contribution >= 4 is 12.0 Å². The smallest absolute Gasteiger partial charge is 0.0344 e. The van der Waals surface area contributed by atoms with E-state index in [0.717, 1.165) is 0 Å². The quantitative estimate of drug-likeness (QED) is 0.501. The van der Waals surface area contributed by atoms with Crippen LogP contribution in [0.5, 0.6) is 0 Å². The van der Waals surface area contributed by atoms with Gasteiger partial charge in [-0.2, -0.15) is 0 Å². The third-order valence-corrected chi connectivity index (χ3v) is 1.10. The van der Waals surface area contributed by atoms with Crippen LogP contribution in [0.15, 0.2) is 36.3 Å². The lowest BCUT2D eigenvalue weighted by molar-refractivity contribution is 0.670. The average Bonchev–Trinajstić information content (AvgIpc) is 2.04. The Labute approximate surface area is 67.4 Å². The van der Waals surface area contributed by atoms with Crippen molar-refractivity contribution in [3.63, 3.8) is 0 Å². The summed E-state index contributed by atoms with van der Waals surface area (Å²) in [7, 11) is 0. The molecule has 0 heterocycles. The Morgan fingerprint density at radius 1 is 1.40 bits per heavy atom. The molecule has 0 fully saturated rings. The fraction of sp³-hybridized carbons (Fsp3) is 0.250. The summed E-state index contributed by atoms with van der Waals surface area (Å²) >= 11 is 0.666. The van der Waals surface area contributed by atoms with Crippen molar-refractivity contribution in [3.05, 3.63) is 36.3 Å². The zero-order chi connectivity index (χ0) is 8.41. The number of rotatable bonds is 3. The molecule has 58 valence electrons. The van der Waals surface area contributed by atoms with Crippen LogP contribution >= 0.6 is 12.0 Å². The van der Waals surface area contributed by atoms with Crippen LogP contribution in [-0.4, -0.2) is 4.55 Å². The van der Waals surface area contributed by atoms with Gasteiger partial charge >= 0.3 is 0 Å². The zero-order valence-corrected chi connectivity index (χ0v) is 7.32. The Balaban J connectivity index is 0. The Morgan fingerprint density at radius 2 is 1.90 bits per heavy atom. The van der Waals surface area contributed by atoms with Crippen LogP contribution in [0, 0.1) is 0 Å². The molecule has 0 aromatic heterocycles. The summed E-state index contributed by atoms with van der Waals surface area (Å²) in [4.78, 5) is 0.708. The molecule has 0 saturated carbocycles. The second-order valence-corrected chi connectivity index (χ2v) is 1.75. The van der Waals surface area contributed by atoms with Gasteiger partial charge in [0, 0.05) is 16.9 Å². The minimum Gasteiger partial charge on any atom is -0.325 e. The van der Waals surface area contributed by atoms with Crippen LogP contribution in [0.2, 0.25) is 0 Å². The van der Waals surface area contributed by atoms with E-state index in [-0.39, 0.29) is 0 Å². The summed E-state index contributed by atoms with van der Waals surface area (Å²) in [6.45, 7) is 10.9. The molecule has 2 heteroatoms. The van der Waals surface area contributed by atoms with Crippen LogP contribution in [0.4, 0.5) is 0 Å². The van der Waals surface area contributed by atoms with Gasteiger partial charge in [-0.1, -0.05) is 39.2 Å². The van der Waals surface area contributed by atoms with Gasteiger partial charge in [0.2, 0.25) is 0 Å². The summed E-state index contributed by atoms with van der Waals surface area (Å²) in [6.07, 6.45) is 4.84. The highest BCUT2D eigenvalue weighted by Gasteiger charge is 1.82. The summed E-state index contributed by atoms with van der Waals surface area (Å²) in [6, 6.07) is 0. The molecule has 10 heavy (non-hydrogen) atoms. The standard InChI is InChI=1S/C6H8OS.C2H6/c1-3-5-6(4-2)8-7;1-2/h3-5,7H,1-2H2;1-2H3/b6-5+;. The fourth-order valence-electron chi connectivity index (χ4n) is 0.252. The van der Waals surface area contributed by atoms with Crippen molar-refractivity contribution in [3.8, 4) is 0 Å². The highest BCUT2D eigenvalue weighted by atomic mass is 32.2. The first-order chi connectivity index (χ1) is 4.85. The van der Waals surface area contributed by atoms with Crippen LogP contribution in [0.3, 0.4) is 0 Å². The van der Waals surface area contributed by atoms with E-state index in [9.17, 15) is 0 Å². The largest absolute Gasteiger partial charge is 0.325 e. The molecule has 0 amide bonds. The monoisotopic (exact) mass is 158 g/mol. The molecule has 0 aromatic rings. The van der Waals surface area contributed by atoms with Crippen molar-refractivity contribution in [2.45, 2.75) is 13.8 Å². The van der Waals surface area contributed by atoms with E-state index in [4.69, 9.17) is 4.55 Å². The molecular formula is C8H14OS. The van der Waals surface area contributed by atoms with E-state index in [1.165, 1.54) is 0 Å². The van der Waals surface area contributed by atoms with Gasteiger partial charge in [0.05, 0.1) is 0 Å². The predicted octanol–water partition coefficient (Wildman–Crippen LogP) is 3.47. The molecule has 0 aliphatic heterocycles. The van der Waals surface area contributed by atoms with Crippen LogP contribution in [0.1, 0.15) is 13.8 Å². The van der Waals surface area contributed by atoms with Gasteiger partial charge in [-0.3, -0.25) is 0 Å². The summed E-state index contributed by atoms with van der Waals surface area (Å²) in [5.74, 6) is 0. The van der Waals surface area contributed by atoms with Gasteiger partial charge in [0.1, 0.15) is 0 Å². The average molecular weight is 158 g/mol. The van der Waals surface area contributed by atoms with E-state index in [1.807, 2.05) is 13.8 Å². The highest BCUT2D eigenvalue weighted by Crippen LogP contribution is 2.10. The first-order valence-electron chi connectivity index (χ1n) is 3.11. The van der Waals surface area contributed by atoms with Crippen molar-refractivity contribution in [1.29, 1.82) is 0 Å². The van der Waals surface area contributed by atoms with Crippen LogP contribution in [-0.2, 0) is 0 Å². The van der Waals surface area contributed by atoms with Gasteiger partial charge in [0.25, 0.3) is 0 Å². The Kier molecular flexibility index (Phi) is 13.9. The molecule has 0 bridgehead atoms. The van der Waals surface area contributed by atoms with E-state index in [1.54, 1.807) is 18.2 Å². The SMILES string of the molecule is C=C/C=C(\C=C)SO.CC. The summed E-state index contributed by atoms with van der Waals surface area (Å²) in [5.41, 5.74) is 0. The third kappa shape index (κ3) is 7.53. The first-order valence-corrected chi connectivity index (χ1v) is 3.89. The molecule has 0 saturated heterocycles.